The predicted molar refractivity (Wildman–Crippen MR) is 98.6 cm³/mol. The van der Waals surface area contributed by atoms with Crippen molar-refractivity contribution >= 4 is 22.8 Å². The van der Waals surface area contributed by atoms with E-state index in [1.54, 1.807) is 23.1 Å². The highest BCUT2D eigenvalue weighted by molar-refractivity contribution is 6.02. The third-order valence-electron chi connectivity index (χ3n) is 4.29. The quantitative estimate of drug-likeness (QED) is 0.691. The number of nitrogens with one attached hydrogen (secondary N) is 1. The molecule has 6 nitrogen and oxygen atoms in total. The summed E-state index contributed by atoms with van der Waals surface area (Å²) in [6.45, 7) is 4.88. The number of fused-ring (bicyclic) bond motifs is 1. The van der Waals surface area contributed by atoms with Crippen molar-refractivity contribution in [2.24, 2.45) is 0 Å². The van der Waals surface area contributed by atoms with Gasteiger partial charge in [0.05, 0.1) is 5.52 Å². The van der Waals surface area contributed by atoms with Crippen LogP contribution in [0.25, 0.3) is 10.9 Å². The second-order valence-corrected chi connectivity index (χ2v) is 5.82. The maximum absolute atomic E-state index is 12.9. The van der Waals surface area contributed by atoms with E-state index in [1.165, 1.54) is 0 Å². The summed E-state index contributed by atoms with van der Waals surface area (Å²) in [7, 11) is 0. The van der Waals surface area contributed by atoms with Crippen molar-refractivity contribution in [3.8, 4) is 0 Å². The maximum Gasteiger partial charge on any atom is 0.360 e. The summed E-state index contributed by atoms with van der Waals surface area (Å²) in [6.07, 6.45) is -1.00. The standard InChI is InChI=1S/C20H21N3O3/c1-3-23(4-2)19(24)18(14-10-6-5-7-11-14)26-20(25)17-15-12-8-9-13-16(15)21-22-17/h5-13,18H,3-4H2,1-2H3,(H,21,22). The van der Waals surface area contributed by atoms with Crippen molar-refractivity contribution < 1.29 is 14.3 Å². The van der Waals surface area contributed by atoms with Crippen LogP contribution in [-0.2, 0) is 9.53 Å². The van der Waals surface area contributed by atoms with Crippen LogP contribution in [0.2, 0.25) is 0 Å². The van der Waals surface area contributed by atoms with Crippen LogP contribution in [0.4, 0.5) is 0 Å². The Morgan fingerprint density at radius 3 is 2.38 bits per heavy atom. The number of aromatic nitrogens is 2. The molecule has 1 amide bonds. The van der Waals surface area contributed by atoms with Gasteiger partial charge in [-0.25, -0.2) is 4.79 Å². The average Bonchev–Trinajstić information content (AvgIpc) is 3.11. The number of H-pyrrole nitrogens is 1. The number of esters is 1. The van der Waals surface area contributed by atoms with E-state index in [9.17, 15) is 9.59 Å². The Morgan fingerprint density at radius 1 is 1.04 bits per heavy atom. The summed E-state index contributed by atoms with van der Waals surface area (Å²) >= 11 is 0. The molecule has 0 spiro atoms. The summed E-state index contributed by atoms with van der Waals surface area (Å²) in [6, 6.07) is 16.3. The van der Waals surface area contributed by atoms with Crippen molar-refractivity contribution in [3.63, 3.8) is 0 Å². The van der Waals surface area contributed by atoms with Crippen LogP contribution in [0.1, 0.15) is 36.0 Å². The Hall–Kier alpha value is -3.15. The first kappa shape index (κ1) is 17.7. The molecule has 1 unspecified atom stereocenters. The van der Waals surface area contributed by atoms with E-state index in [4.69, 9.17) is 4.74 Å². The maximum atomic E-state index is 12.9. The third-order valence-corrected chi connectivity index (χ3v) is 4.29. The molecule has 1 N–H and O–H groups in total. The molecule has 26 heavy (non-hydrogen) atoms. The molecule has 0 radical (unpaired) electrons. The normalized spacial score (nSPS) is 11.9. The third kappa shape index (κ3) is 3.44. The highest BCUT2D eigenvalue weighted by atomic mass is 16.5. The molecule has 0 bridgehead atoms. The lowest BCUT2D eigenvalue weighted by atomic mass is 10.1. The zero-order chi connectivity index (χ0) is 18.5. The lowest BCUT2D eigenvalue weighted by Crippen LogP contribution is -2.36. The highest BCUT2D eigenvalue weighted by Crippen LogP contribution is 2.24. The smallest absolute Gasteiger partial charge is 0.360 e. The van der Waals surface area contributed by atoms with Crippen molar-refractivity contribution in [1.29, 1.82) is 0 Å². The summed E-state index contributed by atoms with van der Waals surface area (Å²) < 4.78 is 5.62. The van der Waals surface area contributed by atoms with Crippen molar-refractivity contribution in [3.05, 3.63) is 65.9 Å². The monoisotopic (exact) mass is 351 g/mol. The van der Waals surface area contributed by atoms with E-state index in [0.29, 0.717) is 24.0 Å². The summed E-state index contributed by atoms with van der Waals surface area (Å²) in [5.41, 5.74) is 1.55. The molecular weight excluding hydrogens is 330 g/mol. The van der Waals surface area contributed by atoms with Crippen LogP contribution in [0, 0.1) is 0 Å². The van der Waals surface area contributed by atoms with Gasteiger partial charge in [0.1, 0.15) is 0 Å². The number of para-hydroxylation sites is 1. The number of hydrogen-bond donors (Lipinski definition) is 1. The minimum Gasteiger partial charge on any atom is -0.442 e. The Kier molecular flexibility index (Phi) is 5.31. The Balaban J connectivity index is 1.92. The first-order valence-corrected chi connectivity index (χ1v) is 8.63. The fourth-order valence-corrected chi connectivity index (χ4v) is 2.87. The molecule has 0 aliphatic heterocycles. The molecule has 1 heterocycles. The van der Waals surface area contributed by atoms with Gasteiger partial charge >= 0.3 is 5.97 Å². The number of carbonyl (C=O) groups is 2. The van der Waals surface area contributed by atoms with Gasteiger partial charge in [-0.2, -0.15) is 5.10 Å². The molecule has 1 aromatic heterocycles. The molecule has 0 saturated carbocycles. The van der Waals surface area contributed by atoms with Gasteiger partial charge in [0.25, 0.3) is 5.91 Å². The van der Waals surface area contributed by atoms with Gasteiger partial charge in [-0.05, 0) is 19.9 Å². The predicted octanol–water partition coefficient (Wildman–Crippen LogP) is 3.33. The van der Waals surface area contributed by atoms with E-state index < -0.39 is 12.1 Å². The minimum atomic E-state index is -1.00. The lowest BCUT2D eigenvalue weighted by Gasteiger charge is -2.25. The van der Waals surface area contributed by atoms with Gasteiger partial charge in [0, 0.05) is 24.0 Å². The first-order valence-electron chi connectivity index (χ1n) is 8.63. The average molecular weight is 351 g/mol. The van der Waals surface area contributed by atoms with Crippen molar-refractivity contribution in [2.45, 2.75) is 20.0 Å². The molecule has 0 aliphatic rings. The zero-order valence-electron chi connectivity index (χ0n) is 14.8. The van der Waals surface area contributed by atoms with E-state index >= 15 is 0 Å². The van der Waals surface area contributed by atoms with Crippen LogP contribution in [-0.4, -0.2) is 40.1 Å². The van der Waals surface area contributed by atoms with Gasteiger partial charge in [0.15, 0.2) is 5.69 Å². The van der Waals surface area contributed by atoms with Crippen LogP contribution in [0.15, 0.2) is 54.6 Å². The number of hydrogen-bond acceptors (Lipinski definition) is 4. The van der Waals surface area contributed by atoms with Gasteiger partial charge in [-0.15, -0.1) is 0 Å². The van der Waals surface area contributed by atoms with E-state index in [2.05, 4.69) is 10.2 Å². The molecule has 2 aromatic carbocycles. The van der Waals surface area contributed by atoms with Gasteiger partial charge in [-0.1, -0.05) is 48.5 Å². The number of amides is 1. The van der Waals surface area contributed by atoms with E-state index in [1.807, 2.05) is 50.2 Å². The number of ether oxygens (including phenoxy) is 1. The minimum absolute atomic E-state index is 0.175. The van der Waals surface area contributed by atoms with Crippen molar-refractivity contribution in [1.82, 2.24) is 15.1 Å². The number of nitrogens with zero attached hydrogens (tertiary/aromatic N) is 2. The second-order valence-electron chi connectivity index (χ2n) is 5.82. The van der Waals surface area contributed by atoms with Gasteiger partial charge in [-0.3, -0.25) is 9.89 Å². The number of carbonyl (C=O) groups excluding carboxylic acids is 2. The lowest BCUT2D eigenvalue weighted by molar-refractivity contribution is -0.140. The fraction of sp³-hybridized carbons (Fsp3) is 0.250. The van der Waals surface area contributed by atoms with Crippen molar-refractivity contribution in [2.75, 3.05) is 13.1 Å². The SMILES string of the molecule is CCN(CC)C(=O)C(OC(=O)c1n[nH]c2ccccc12)c1ccccc1. The molecule has 1 atom stereocenters. The molecule has 6 heteroatoms. The molecular formula is C20H21N3O3. The van der Waals surface area contributed by atoms with E-state index in [0.717, 1.165) is 5.52 Å². The topological polar surface area (TPSA) is 75.3 Å². The van der Waals surface area contributed by atoms with E-state index in [-0.39, 0.29) is 11.6 Å². The van der Waals surface area contributed by atoms with Gasteiger partial charge < -0.3 is 9.64 Å². The van der Waals surface area contributed by atoms with Crippen LogP contribution in [0.3, 0.4) is 0 Å². The summed E-state index contributed by atoms with van der Waals surface area (Å²) in [5.74, 6) is -0.869. The fourth-order valence-electron chi connectivity index (χ4n) is 2.87. The number of rotatable bonds is 6. The molecule has 3 rings (SSSR count). The summed E-state index contributed by atoms with van der Waals surface area (Å²) in [5, 5.41) is 7.54. The van der Waals surface area contributed by atoms with Crippen LogP contribution in [0.5, 0.6) is 0 Å². The van der Waals surface area contributed by atoms with Crippen LogP contribution >= 0.6 is 0 Å². The molecule has 0 aliphatic carbocycles. The molecule has 134 valence electrons. The molecule has 0 saturated heterocycles. The Labute approximate surface area is 151 Å². The number of aromatic amines is 1. The second kappa shape index (κ2) is 7.82. The Bertz CT molecular complexity index is 901. The molecule has 3 aromatic rings. The molecule has 0 fully saturated rings. The largest absolute Gasteiger partial charge is 0.442 e. The summed E-state index contributed by atoms with van der Waals surface area (Å²) in [4.78, 5) is 27.3. The highest BCUT2D eigenvalue weighted by Gasteiger charge is 2.30. The number of benzene rings is 2. The van der Waals surface area contributed by atoms with Crippen LogP contribution < -0.4 is 0 Å². The number of likely N-dealkylation sites (N-methyl/N-ethyl adjacent to an activating group) is 1. The zero-order valence-corrected chi connectivity index (χ0v) is 14.8. The first-order chi connectivity index (χ1) is 12.7. The Morgan fingerprint density at radius 2 is 1.69 bits per heavy atom. The van der Waals surface area contributed by atoms with Gasteiger partial charge in [0.2, 0.25) is 6.10 Å².